The molecule has 0 saturated carbocycles. The van der Waals surface area contributed by atoms with Gasteiger partial charge in [0, 0.05) is 12.8 Å². The second-order valence-corrected chi connectivity index (χ2v) is 9.12. The zero-order valence-corrected chi connectivity index (χ0v) is 21.0. The lowest BCUT2D eigenvalue weighted by Gasteiger charge is -2.18. The second-order valence-electron chi connectivity index (χ2n) is 8.31. The molecule has 1 atom stereocenters. The molecule has 3 rings (SSSR count). The molecule has 0 spiro atoms. The quantitative estimate of drug-likeness (QED) is 0.297. The molecule has 34 heavy (non-hydrogen) atoms. The van der Waals surface area contributed by atoms with Crippen molar-refractivity contribution >= 4 is 41.0 Å². The highest BCUT2D eigenvalue weighted by atomic mass is 35.5. The maximum absolute atomic E-state index is 12.2. The summed E-state index contributed by atoms with van der Waals surface area (Å²) in [5, 5.41) is 0.938. The van der Waals surface area contributed by atoms with Crippen molar-refractivity contribution in [2.75, 3.05) is 19.8 Å². The van der Waals surface area contributed by atoms with E-state index in [0.717, 1.165) is 35.3 Å². The highest BCUT2D eigenvalue weighted by Gasteiger charge is 2.28. The Kier molecular flexibility index (Phi) is 9.36. The van der Waals surface area contributed by atoms with Gasteiger partial charge in [-0.2, -0.15) is 0 Å². The Hall–Kier alpha value is -2.57. The Balaban J connectivity index is 1.61. The largest absolute Gasteiger partial charge is 0.491 e. The second kappa shape index (κ2) is 12.2. The number of hydrogen-bond acceptors (Lipinski definition) is 5. The number of carbonyl (C=O) groups excluding carboxylic acids is 3. The number of rotatable bonds is 11. The van der Waals surface area contributed by atoms with E-state index in [1.54, 1.807) is 13.0 Å². The van der Waals surface area contributed by atoms with Gasteiger partial charge in [0.25, 0.3) is 0 Å². The molecule has 0 aliphatic carbocycles. The van der Waals surface area contributed by atoms with E-state index in [-0.39, 0.29) is 56.1 Å². The molecule has 1 aliphatic rings. The van der Waals surface area contributed by atoms with Crippen molar-refractivity contribution in [1.29, 1.82) is 0 Å². The number of aryl methyl sites for hydroxylation is 2. The Labute approximate surface area is 210 Å². The number of esters is 1. The number of benzene rings is 2. The first kappa shape index (κ1) is 26.0. The first-order chi connectivity index (χ1) is 16.3. The van der Waals surface area contributed by atoms with Crippen molar-refractivity contribution in [3.63, 3.8) is 0 Å². The van der Waals surface area contributed by atoms with E-state index in [4.69, 9.17) is 32.7 Å². The van der Waals surface area contributed by atoms with Crippen LogP contribution in [0.1, 0.15) is 55.2 Å². The summed E-state index contributed by atoms with van der Waals surface area (Å²) in [6.45, 7) is 4.61. The standard InChI is InChI=1S/C26H29Cl2NO5/c1-3-33-26(32)16-20(19-7-8-21(27)22(28)15-19)6-4-18-5-9-23(17(2)14-18)34-13-12-29-24(30)10-11-25(29)31/h5,7-9,14-15,20H,3-4,6,10-13,16H2,1-2H3. The van der Waals surface area contributed by atoms with Crippen molar-refractivity contribution in [3.05, 3.63) is 63.1 Å². The maximum atomic E-state index is 12.2. The molecular weight excluding hydrogens is 477 g/mol. The van der Waals surface area contributed by atoms with Gasteiger partial charge in [-0.05, 0) is 67.5 Å². The zero-order valence-electron chi connectivity index (χ0n) is 19.4. The van der Waals surface area contributed by atoms with Gasteiger partial charge in [0.15, 0.2) is 0 Å². The first-order valence-electron chi connectivity index (χ1n) is 11.4. The predicted octanol–water partition coefficient (Wildman–Crippen LogP) is 5.50. The molecule has 1 saturated heterocycles. The molecule has 1 unspecified atom stereocenters. The Morgan fingerprint density at radius 2 is 1.79 bits per heavy atom. The summed E-state index contributed by atoms with van der Waals surface area (Å²) < 4.78 is 11.0. The summed E-state index contributed by atoms with van der Waals surface area (Å²) in [6, 6.07) is 11.4. The average Bonchev–Trinajstić information content (AvgIpc) is 3.12. The predicted molar refractivity (Wildman–Crippen MR) is 131 cm³/mol. The number of hydrogen-bond donors (Lipinski definition) is 0. The molecule has 1 heterocycles. The average molecular weight is 506 g/mol. The van der Waals surface area contributed by atoms with Crippen LogP contribution < -0.4 is 4.74 Å². The number of carbonyl (C=O) groups is 3. The zero-order chi connectivity index (χ0) is 24.7. The minimum absolute atomic E-state index is 0.0550. The molecule has 2 aromatic rings. The van der Waals surface area contributed by atoms with Gasteiger partial charge in [0.2, 0.25) is 11.8 Å². The fraction of sp³-hybridized carbons (Fsp3) is 0.423. The molecule has 2 amide bonds. The van der Waals surface area contributed by atoms with Crippen LogP contribution in [-0.2, 0) is 25.5 Å². The van der Waals surface area contributed by atoms with Crippen LogP contribution in [0.3, 0.4) is 0 Å². The van der Waals surface area contributed by atoms with Crippen LogP contribution in [0, 0.1) is 6.92 Å². The van der Waals surface area contributed by atoms with E-state index in [0.29, 0.717) is 16.7 Å². The van der Waals surface area contributed by atoms with Crippen LogP contribution in [0.4, 0.5) is 0 Å². The van der Waals surface area contributed by atoms with Crippen LogP contribution >= 0.6 is 23.2 Å². The van der Waals surface area contributed by atoms with E-state index in [9.17, 15) is 14.4 Å². The molecule has 8 heteroatoms. The molecule has 0 bridgehead atoms. The SMILES string of the molecule is CCOC(=O)CC(CCc1ccc(OCCN2C(=O)CCC2=O)c(C)c1)c1ccc(Cl)c(Cl)c1. The number of nitrogens with zero attached hydrogens (tertiary/aromatic N) is 1. The summed E-state index contributed by atoms with van der Waals surface area (Å²) in [5.41, 5.74) is 3.03. The van der Waals surface area contributed by atoms with Gasteiger partial charge in [-0.3, -0.25) is 19.3 Å². The lowest BCUT2D eigenvalue weighted by Crippen LogP contribution is -2.33. The Morgan fingerprint density at radius 1 is 1.06 bits per heavy atom. The molecule has 0 radical (unpaired) electrons. The van der Waals surface area contributed by atoms with Crippen LogP contribution in [0.15, 0.2) is 36.4 Å². The summed E-state index contributed by atoms with van der Waals surface area (Å²) in [5.74, 6) is 0.143. The molecule has 2 aromatic carbocycles. The van der Waals surface area contributed by atoms with Gasteiger partial charge in [0.1, 0.15) is 12.4 Å². The van der Waals surface area contributed by atoms with E-state index in [2.05, 4.69) is 6.07 Å². The van der Waals surface area contributed by atoms with Crippen molar-refractivity contribution in [2.45, 2.75) is 51.9 Å². The molecule has 182 valence electrons. The topological polar surface area (TPSA) is 72.9 Å². The lowest BCUT2D eigenvalue weighted by atomic mass is 9.89. The van der Waals surface area contributed by atoms with Crippen LogP contribution in [-0.4, -0.2) is 42.4 Å². The minimum Gasteiger partial charge on any atom is -0.491 e. The summed E-state index contributed by atoms with van der Waals surface area (Å²) >= 11 is 12.3. The Morgan fingerprint density at radius 3 is 2.44 bits per heavy atom. The maximum Gasteiger partial charge on any atom is 0.306 e. The third kappa shape index (κ3) is 6.97. The summed E-state index contributed by atoms with van der Waals surface area (Å²) in [4.78, 5) is 36.9. The number of ether oxygens (including phenoxy) is 2. The van der Waals surface area contributed by atoms with Gasteiger partial charge in [-0.1, -0.05) is 41.4 Å². The van der Waals surface area contributed by atoms with Crippen molar-refractivity contribution < 1.29 is 23.9 Å². The van der Waals surface area contributed by atoms with Gasteiger partial charge in [-0.25, -0.2) is 0 Å². The van der Waals surface area contributed by atoms with Crippen molar-refractivity contribution in [2.24, 2.45) is 0 Å². The van der Waals surface area contributed by atoms with E-state index >= 15 is 0 Å². The van der Waals surface area contributed by atoms with E-state index < -0.39 is 0 Å². The third-order valence-electron chi connectivity index (χ3n) is 5.88. The van der Waals surface area contributed by atoms with Crippen LogP contribution in [0.5, 0.6) is 5.75 Å². The van der Waals surface area contributed by atoms with E-state index in [1.807, 2.05) is 31.2 Å². The van der Waals surface area contributed by atoms with Gasteiger partial charge >= 0.3 is 5.97 Å². The molecule has 6 nitrogen and oxygen atoms in total. The van der Waals surface area contributed by atoms with Crippen molar-refractivity contribution in [3.8, 4) is 5.75 Å². The molecule has 1 fully saturated rings. The van der Waals surface area contributed by atoms with Crippen LogP contribution in [0.25, 0.3) is 0 Å². The third-order valence-corrected chi connectivity index (χ3v) is 6.62. The lowest BCUT2D eigenvalue weighted by molar-refractivity contribution is -0.143. The number of imide groups is 1. The number of halogens is 2. The van der Waals surface area contributed by atoms with Crippen molar-refractivity contribution in [1.82, 2.24) is 4.90 Å². The highest BCUT2D eigenvalue weighted by molar-refractivity contribution is 6.42. The smallest absolute Gasteiger partial charge is 0.306 e. The molecule has 1 aliphatic heterocycles. The van der Waals surface area contributed by atoms with Gasteiger partial charge in [-0.15, -0.1) is 0 Å². The van der Waals surface area contributed by atoms with Gasteiger partial charge < -0.3 is 9.47 Å². The fourth-order valence-electron chi connectivity index (χ4n) is 4.06. The number of likely N-dealkylation sites (tertiary alicyclic amines) is 1. The fourth-order valence-corrected chi connectivity index (χ4v) is 4.37. The summed E-state index contributed by atoms with van der Waals surface area (Å²) in [7, 11) is 0. The number of amides is 2. The summed E-state index contributed by atoms with van der Waals surface area (Å²) in [6.07, 6.45) is 2.32. The Bertz CT molecular complexity index is 1040. The monoisotopic (exact) mass is 505 g/mol. The molecular formula is C26H29Cl2NO5. The first-order valence-corrected chi connectivity index (χ1v) is 12.2. The van der Waals surface area contributed by atoms with Gasteiger partial charge in [0.05, 0.1) is 29.6 Å². The molecule has 0 N–H and O–H groups in total. The van der Waals surface area contributed by atoms with Crippen LogP contribution in [0.2, 0.25) is 10.0 Å². The minimum atomic E-state index is -0.242. The molecule has 0 aromatic heterocycles. The highest BCUT2D eigenvalue weighted by Crippen LogP contribution is 2.32. The van der Waals surface area contributed by atoms with E-state index in [1.165, 1.54) is 4.90 Å². The normalized spacial score (nSPS) is 14.4.